The molecular weight excluding hydrogens is 208 g/mol. The van der Waals surface area contributed by atoms with E-state index in [9.17, 15) is 9.59 Å². The number of ether oxygens (including phenoxy) is 1. The van der Waals surface area contributed by atoms with Crippen molar-refractivity contribution < 1.29 is 14.3 Å². The minimum atomic E-state index is -0.703. The normalized spacial score (nSPS) is 22.1. The van der Waals surface area contributed by atoms with Gasteiger partial charge in [0.25, 0.3) is 0 Å². The number of carbonyl (C=O) groups excluding carboxylic acids is 2. The maximum absolute atomic E-state index is 11.5. The molecule has 0 aromatic carbocycles. The maximum atomic E-state index is 11.5. The summed E-state index contributed by atoms with van der Waals surface area (Å²) in [5.41, 5.74) is 5.62. The minimum Gasteiger partial charge on any atom is -0.391 e. The zero-order chi connectivity index (χ0) is 12.1. The summed E-state index contributed by atoms with van der Waals surface area (Å²) in [6.45, 7) is 4.73. The average Bonchev–Trinajstić information content (AvgIpc) is 2.68. The van der Waals surface area contributed by atoms with E-state index in [1.165, 1.54) is 0 Å². The molecule has 0 spiro atoms. The number of nitrogens with two attached hydrogens (primary N) is 1. The monoisotopic (exact) mass is 228 g/mol. The van der Waals surface area contributed by atoms with Crippen LogP contribution >= 0.6 is 0 Å². The Morgan fingerprint density at radius 1 is 1.50 bits per heavy atom. The van der Waals surface area contributed by atoms with E-state index in [1.807, 2.05) is 13.8 Å². The molecule has 0 radical (unpaired) electrons. The number of esters is 2. The van der Waals surface area contributed by atoms with E-state index < -0.39 is 18.0 Å². The van der Waals surface area contributed by atoms with Crippen LogP contribution in [-0.2, 0) is 14.3 Å². The van der Waals surface area contributed by atoms with Crippen molar-refractivity contribution in [2.24, 2.45) is 11.7 Å². The molecule has 5 nitrogen and oxygen atoms in total. The van der Waals surface area contributed by atoms with E-state index in [2.05, 4.69) is 5.32 Å². The standard InChI is InChI=1S/C11H20N2O3/c1-7(2)6-8(12)10(14)16-11(15)9-4-3-5-13-9/h7-9,13H,3-6,12H2,1-2H3/t8-,9-/m0/s1. The van der Waals surface area contributed by atoms with Gasteiger partial charge in [-0.05, 0) is 31.7 Å². The molecule has 1 aliphatic rings. The SMILES string of the molecule is CC(C)C[C@H](N)C(=O)OC(=O)[C@@H]1CCCN1. The second-order valence-corrected chi connectivity index (χ2v) is 4.63. The minimum absolute atomic E-state index is 0.308. The summed E-state index contributed by atoms with van der Waals surface area (Å²) in [7, 11) is 0. The van der Waals surface area contributed by atoms with Crippen molar-refractivity contribution in [2.75, 3.05) is 6.54 Å². The third-order valence-corrected chi connectivity index (χ3v) is 2.57. The summed E-state index contributed by atoms with van der Waals surface area (Å²) in [6.07, 6.45) is 2.20. The van der Waals surface area contributed by atoms with Crippen molar-refractivity contribution in [3.8, 4) is 0 Å². The average molecular weight is 228 g/mol. The third-order valence-electron chi connectivity index (χ3n) is 2.57. The van der Waals surface area contributed by atoms with Crippen molar-refractivity contribution >= 4 is 11.9 Å². The molecule has 0 saturated carbocycles. The molecule has 1 fully saturated rings. The van der Waals surface area contributed by atoms with Gasteiger partial charge in [0, 0.05) is 0 Å². The topological polar surface area (TPSA) is 81.4 Å². The Morgan fingerprint density at radius 3 is 2.69 bits per heavy atom. The highest BCUT2D eigenvalue weighted by Crippen LogP contribution is 2.09. The van der Waals surface area contributed by atoms with Crippen LogP contribution in [0.5, 0.6) is 0 Å². The fraction of sp³-hybridized carbons (Fsp3) is 0.818. The molecule has 1 saturated heterocycles. The molecule has 2 atom stereocenters. The van der Waals surface area contributed by atoms with Gasteiger partial charge in [-0.1, -0.05) is 13.8 Å². The maximum Gasteiger partial charge on any atom is 0.330 e. The lowest BCUT2D eigenvalue weighted by Gasteiger charge is -2.14. The van der Waals surface area contributed by atoms with E-state index in [-0.39, 0.29) is 6.04 Å². The van der Waals surface area contributed by atoms with Crippen LogP contribution < -0.4 is 11.1 Å². The van der Waals surface area contributed by atoms with Crippen molar-refractivity contribution in [1.29, 1.82) is 0 Å². The number of carbonyl (C=O) groups is 2. The predicted molar refractivity (Wildman–Crippen MR) is 59.6 cm³/mol. The summed E-state index contributed by atoms with van der Waals surface area (Å²) in [4.78, 5) is 22.9. The lowest BCUT2D eigenvalue weighted by molar-refractivity contribution is -0.162. The van der Waals surface area contributed by atoms with Crippen LogP contribution in [0.25, 0.3) is 0 Å². The Labute approximate surface area is 95.7 Å². The van der Waals surface area contributed by atoms with Gasteiger partial charge in [0.1, 0.15) is 12.1 Å². The van der Waals surface area contributed by atoms with Crippen LogP contribution in [0.15, 0.2) is 0 Å². The van der Waals surface area contributed by atoms with Gasteiger partial charge in [0.15, 0.2) is 0 Å². The van der Waals surface area contributed by atoms with Gasteiger partial charge in [-0.25, -0.2) is 9.59 Å². The van der Waals surface area contributed by atoms with Crippen molar-refractivity contribution in [3.05, 3.63) is 0 Å². The molecule has 0 bridgehead atoms. The Balaban J connectivity index is 2.35. The van der Waals surface area contributed by atoms with Crippen LogP contribution in [0.4, 0.5) is 0 Å². The van der Waals surface area contributed by atoms with Gasteiger partial charge >= 0.3 is 11.9 Å². The van der Waals surface area contributed by atoms with Crippen molar-refractivity contribution in [3.63, 3.8) is 0 Å². The molecule has 0 aromatic heterocycles. The second-order valence-electron chi connectivity index (χ2n) is 4.63. The first kappa shape index (κ1) is 13.1. The molecule has 0 aliphatic carbocycles. The molecule has 92 valence electrons. The lowest BCUT2D eigenvalue weighted by Crippen LogP contribution is -2.40. The zero-order valence-corrected chi connectivity index (χ0v) is 9.86. The molecule has 1 heterocycles. The van der Waals surface area contributed by atoms with Gasteiger partial charge < -0.3 is 15.8 Å². The first-order valence-electron chi connectivity index (χ1n) is 5.75. The molecule has 1 aliphatic heterocycles. The number of nitrogens with one attached hydrogen (secondary N) is 1. The van der Waals surface area contributed by atoms with Crippen LogP contribution in [0.2, 0.25) is 0 Å². The Hall–Kier alpha value is -0.940. The fourth-order valence-electron chi connectivity index (χ4n) is 1.74. The summed E-state index contributed by atoms with van der Waals surface area (Å²) in [5.74, 6) is -0.809. The van der Waals surface area contributed by atoms with E-state index in [0.717, 1.165) is 19.4 Å². The van der Waals surface area contributed by atoms with Gasteiger partial charge in [0.05, 0.1) is 0 Å². The first-order valence-corrected chi connectivity index (χ1v) is 5.75. The Morgan fingerprint density at radius 2 is 2.19 bits per heavy atom. The van der Waals surface area contributed by atoms with Gasteiger partial charge in [-0.2, -0.15) is 0 Å². The predicted octanol–water partition coefficient (Wildman–Crippen LogP) is 0.182. The van der Waals surface area contributed by atoms with E-state index >= 15 is 0 Å². The van der Waals surface area contributed by atoms with Crippen LogP contribution in [0.3, 0.4) is 0 Å². The van der Waals surface area contributed by atoms with Gasteiger partial charge in [-0.3, -0.25) is 0 Å². The molecule has 5 heteroatoms. The molecule has 0 aromatic rings. The molecule has 0 unspecified atom stereocenters. The largest absolute Gasteiger partial charge is 0.391 e. The summed E-state index contributed by atoms with van der Waals surface area (Å²) in [6, 6.07) is -1.04. The molecule has 16 heavy (non-hydrogen) atoms. The smallest absolute Gasteiger partial charge is 0.330 e. The number of rotatable bonds is 4. The summed E-state index contributed by atoms with van der Waals surface area (Å²) >= 11 is 0. The molecule has 3 N–H and O–H groups in total. The van der Waals surface area contributed by atoms with Crippen LogP contribution in [-0.4, -0.2) is 30.6 Å². The zero-order valence-electron chi connectivity index (χ0n) is 9.86. The number of hydrogen-bond donors (Lipinski definition) is 2. The molecule has 0 amide bonds. The quantitative estimate of drug-likeness (QED) is 0.530. The number of hydrogen-bond acceptors (Lipinski definition) is 5. The molecular formula is C11H20N2O3. The first-order chi connectivity index (χ1) is 7.50. The van der Waals surface area contributed by atoms with E-state index in [1.54, 1.807) is 0 Å². The summed E-state index contributed by atoms with van der Waals surface area (Å²) < 4.78 is 4.73. The highest BCUT2D eigenvalue weighted by atomic mass is 16.6. The Bertz CT molecular complexity index is 260. The van der Waals surface area contributed by atoms with Crippen molar-refractivity contribution in [2.45, 2.75) is 45.2 Å². The molecule has 1 rings (SSSR count). The lowest BCUT2D eigenvalue weighted by atomic mass is 10.1. The van der Waals surface area contributed by atoms with Crippen LogP contribution in [0, 0.1) is 5.92 Å². The van der Waals surface area contributed by atoms with Crippen LogP contribution in [0.1, 0.15) is 33.1 Å². The van der Waals surface area contributed by atoms with E-state index in [0.29, 0.717) is 12.3 Å². The fourth-order valence-corrected chi connectivity index (χ4v) is 1.74. The van der Waals surface area contributed by atoms with Crippen molar-refractivity contribution in [1.82, 2.24) is 5.32 Å². The van der Waals surface area contributed by atoms with E-state index in [4.69, 9.17) is 10.5 Å². The highest BCUT2D eigenvalue weighted by Gasteiger charge is 2.27. The second kappa shape index (κ2) is 5.96. The Kier molecular flexibility index (Phi) is 4.89. The van der Waals surface area contributed by atoms with Gasteiger partial charge in [0.2, 0.25) is 0 Å². The highest BCUT2D eigenvalue weighted by molar-refractivity contribution is 5.90. The van der Waals surface area contributed by atoms with Gasteiger partial charge in [-0.15, -0.1) is 0 Å². The summed E-state index contributed by atoms with van der Waals surface area (Å²) in [5, 5.41) is 2.97. The third kappa shape index (κ3) is 3.90.